The van der Waals surface area contributed by atoms with Crippen molar-refractivity contribution in [2.75, 3.05) is 6.54 Å². The second-order valence-electron chi connectivity index (χ2n) is 9.69. The zero-order valence-corrected chi connectivity index (χ0v) is 20.2. The Hall–Kier alpha value is -0.0800. The molecule has 0 saturated carbocycles. The number of carbonyl (C=O) groups excluding carboxylic acids is 1. The van der Waals surface area contributed by atoms with Crippen molar-refractivity contribution in [1.82, 2.24) is 0 Å². The van der Waals surface area contributed by atoms with Crippen molar-refractivity contribution in [3.8, 4) is 0 Å². The lowest BCUT2D eigenvalue weighted by Gasteiger charge is -2.30. The summed E-state index contributed by atoms with van der Waals surface area (Å²) in [6.07, 6.45) is 25.8. The number of rotatable bonds is 18. The van der Waals surface area contributed by atoms with Gasteiger partial charge in [0.2, 0.25) is 0 Å². The maximum absolute atomic E-state index is 12.0. The molecule has 0 aliphatic carbocycles. The van der Waals surface area contributed by atoms with E-state index < -0.39 is 0 Å². The summed E-state index contributed by atoms with van der Waals surface area (Å²) in [7, 11) is 0. The third-order valence-electron chi connectivity index (χ3n) is 6.64. The highest BCUT2D eigenvalue weighted by atomic mass is 35.5. The highest BCUT2D eigenvalue weighted by molar-refractivity contribution is 5.68. The number of likely N-dealkylation sites (tertiary alicyclic amines) is 1. The Morgan fingerprint density at radius 1 is 0.714 bits per heavy atom. The average molecular weight is 416 g/mol. The van der Waals surface area contributed by atoms with Crippen molar-refractivity contribution >= 4 is 5.91 Å². The van der Waals surface area contributed by atoms with Crippen molar-refractivity contribution in [3.63, 3.8) is 0 Å². The van der Waals surface area contributed by atoms with Crippen LogP contribution in [0.1, 0.15) is 143 Å². The Balaban J connectivity index is 0.00000729. The summed E-state index contributed by atoms with van der Waals surface area (Å²) in [5, 5.41) is 0. The molecule has 1 aliphatic heterocycles. The van der Waals surface area contributed by atoms with Gasteiger partial charge < -0.3 is 12.4 Å². The fourth-order valence-corrected chi connectivity index (χ4v) is 4.70. The van der Waals surface area contributed by atoms with Crippen molar-refractivity contribution in [1.29, 1.82) is 0 Å². The number of hydrogen-bond acceptors (Lipinski definition) is 1. The quantitative estimate of drug-likeness (QED) is 0.339. The molecule has 0 radical (unpaired) electrons. The maximum atomic E-state index is 12.0. The highest BCUT2D eigenvalue weighted by Gasteiger charge is 2.38. The maximum Gasteiger partial charge on any atom is 0.312 e. The van der Waals surface area contributed by atoms with Crippen molar-refractivity contribution in [2.45, 2.75) is 148 Å². The minimum Gasteiger partial charge on any atom is -1.00 e. The summed E-state index contributed by atoms with van der Waals surface area (Å²) in [6, 6.07) is 0. The van der Waals surface area contributed by atoms with Crippen molar-refractivity contribution in [3.05, 3.63) is 0 Å². The summed E-state index contributed by atoms with van der Waals surface area (Å²) < 4.78 is 0. The molecule has 1 saturated heterocycles. The Bertz CT molecular complexity index is 370. The van der Waals surface area contributed by atoms with E-state index in [2.05, 4.69) is 20.8 Å². The van der Waals surface area contributed by atoms with Gasteiger partial charge in [0.15, 0.2) is 0 Å². The van der Waals surface area contributed by atoms with Gasteiger partial charge >= 0.3 is 5.91 Å². The Morgan fingerprint density at radius 3 is 1.46 bits per heavy atom. The normalized spacial score (nSPS) is 17.1. The van der Waals surface area contributed by atoms with Gasteiger partial charge in [-0.3, -0.25) is 4.90 Å². The van der Waals surface area contributed by atoms with Gasteiger partial charge in [-0.15, -0.1) is 0 Å². The van der Waals surface area contributed by atoms with Crippen LogP contribution in [0.2, 0.25) is 0 Å². The Kier molecular flexibility index (Phi) is 17.7. The van der Waals surface area contributed by atoms with Crippen molar-refractivity contribution in [2.24, 2.45) is 0 Å². The first-order chi connectivity index (χ1) is 13.1. The fourth-order valence-electron chi connectivity index (χ4n) is 4.70. The van der Waals surface area contributed by atoms with Crippen LogP contribution in [0, 0.1) is 0 Å². The molecule has 2 nitrogen and oxygen atoms in total. The van der Waals surface area contributed by atoms with Gasteiger partial charge in [0, 0.05) is 12.8 Å². The summed E-state index contributed by atoms with van der Waals surface area (Å²) in [5.74, 6) is 0.455. The molecule has 0 aromatic carbocycles. The largest absolute Gasteiger partial charge is 1.00 e. The molecular weight excluding hydrogens is 366 g/mol. The number of halogens is 1. The summed E-state index contributed by atoms with van der Waals surface area (Å²) in [6.45, 7) is 7.93. The molecule has 0 spiro atoms. The minimum absolute atomic E-state index is 0. The Morgan fingerprint density at radius 2 is 1.11 bits per heavy atom. The summed E-state index contributed by atoms with van der Waals surface area (Å²) in [4.78, 5) is 13.2. The molecule has 0 aromatic rings. The van der Waals surface area contributed by atoms with E-state index >= 15 is 0 Å². The third kappa shape index (κ3) is 13.2. The van der Waals surface area contributed by atoms with Crippen LogP contribution >= 0.6 is 0 Å². The van der Waals surface area contributed by atoms with Crippen LogP contribution in [0.4, 0.5) is 0 Å². The predicted octanol–water partition coefficient (Wildman–Crippen LogP) is 3.63. The lowest BCUT2D eigenvalue weighted by Crippen LogP contribution is -3.19. The van der Waals surface area contributed by atoms with E-state index in [9.17, 15) is 4.79 Å². The van der Waals surface area contributed by atoms with E-state index in [1.807, 2.05) is 0 Å². The van der Waals surface area contributed by atoms with E-state index in [0.717, 1.165) is 19.4 Å². The monoisotopic (exact) mass is 415 g/mol. The van der Waals surface area contributed by atoms with Crippen LogP contribution in [-0.4, -0.2) is 18.0 Å². The molecule has 1 unspecified atom stereocenters. The predicted molar refractivity (Wildman–Crippen MR) is 118 cm³/mol. The molecule has 1 fully saturated rings. The lowest BCUT2D eigenvalue weighted by molar-refractivity contribution is -0.866. The number of amides is 1. The van der Waals surface area contributed by atoms with Crippen molar-refractivity contribution < 1.29 is 22.1 Å². The molecule has 1 rings (SSSR count). The van der Waals surface area contributed by atoms with E-state index in [4.69, 9.17) is 0 Å². The summed E-state index contributed by atoms with van der Waals surface area (Å²) >= 11 is 0. The topological polar surface area (TPSA) is 21.5 Å². The number of hydrogen-bond donors (Lipinski definition) is 1. The van der Waals surface area contributed by atoms with Crippen LogP contribution in [-0.2, 0) is 4.79 Å². The van der Waals surface area contributed by atoms with Gasteiger partial charge in [0.05, 0.1) is 18.5 Å². The molecule has 1 amide bonds. The van der Waals surface area contributed by atoms with E-state index in [-0.39, 0.29) is 17.9 Å². The first kappa shape index (κ1) is 27.9. The molecular formula is C25H50ClNO. The average Bonchev–Trinajstić information content (AvgIpc) is 3.08. The highest BCUT2D eigenvalue weighted by Crippen LogP contribution is 2.16. The second kappa shape index (κ2) is 17.8. The van der Waals surface area contributed by atoms with Crippen LogP contribution in [0.25, 0.3) is 0 Å². The van der Waals surface area contributed by atoms with Crippen LogP contribution in [0.15, 0.2) is 0 Å². The van der Waals surface area contributed by atoms with Gasteiger partial charge in [-0.2, -0.15) is 0 Å². The van der Waals surface area contributed by atoms with Crippen LogP contribution in [0.3, 0.4) is 0 Å². The van der Waals surface area contributed by atoms with E-state index in [1.165, 1.54) is 114 Å². The smallest absolute Gasteiger partial charge is 0.312 e. The van der Waals surface area contributed by atoms with Gasteiger partial charge in [-0.05, 0) is 20.3 Å². The van der Waals surface area contributed by atoms with E-state index in [1.54, 1.807) is 0 Å². The first-order valence-electron chi connectivity index (χ1n) is 12.5. The molecule has 3 heteroatoms. The molecule has 1 N–H and O–H groups in total. The standard InChI is InChI=1S/C25H49NO.ClH/c1-4-5-6-7-8-9-10-11-12-13-14-15-16-17-18-19-22-25(2,3)26-23-20-21-24(26)27;/h4-23H2,1-3H3;1H. The van der Waals surface area contributed by atoms with Crippen LogP contribution in [0.5, 0.6) is 0 Å². The molecule has 0 aromatic heterocycles. The lowest BCUT2D eigenvalue weighted by atomic mass is 9.94. The van der Waals surface area contributed by atoms with Crippen LogP contribution < -0.4 is 17.3 Å². The molecule has 1 atom stereocenters. The van der Waals surface area contributed by atoms with Gasteiger partial charge in [0.1, 0.15) is 0 Å². The Labute approximate surface area is 183 Å². The molecule has 168 valence electrons. The molecule has 0 bridgehead atoms. The van der Waals surface area contributed by atoms with E-state index in [0.29, 0.717) is 5.91 Å². The number of quaternary nitrogens is 1. The zero-order chi connectivity index (χ0) is 19.8. The SMILES string of the molecule is CCCCCCCCCCCCCCCCCCC(C)(C)[NH+]1CCCC1=O.[Cl-]. The zero-order valence-electron chi connectivity index (χ0n) is 19.4. The third-order valence-corrected chi connectivity index (χ3v) is 6.64. The van der Waals surface area contributed by atoms with Gasteiger partial charge in [-0.1, -0.05) is 103 Å². The minimum atomic E-state index is 0. The second-order valence-corrected chi connectivity index (χ2v) is 9.69. The number of nitrogens with one attached hydrogen (secondary N) is 1. The fraction of sp³-hybridized carbons (Fsp3) is 0.960. The van der Waals surface area contributed by atoms with Gasteiger partial charge in [0.25, 0.3) is 0 Å². The van der Waals surface area contributed by atoms with Gasteiger partial charge in [-0.25, -0.2) is 4.79 Å². The molecule has 28 heavy (non-hydrogen) atoms. The summed E-state index contributed by atoms with van der Waals surface area (Å²) in [5.41, 5.74) is 0.156. The first-order valence-corrected chi connectivity index (χ1v) is 12.5. The number of carbonyl (C=O) groups is 1. The molecule has 1 heterocycles. The molecule has 1 aliphatic rings. The number of unbranched alkanes of at least 4 members (excludes halogenated alkanes) is 15.